The Bertz CT molecular complexity index is 469. The summed E-state index contributed by atoms with van der Waals surface area (Å²) in [6.07, 6.45) is 2.15. The van der Waals surface area contributed by atoms with Crippen LogP contribution in [0.25, 0.3) is 5.76 Å². The Morgan fingerprint density at radius 2 is 1.76 bits per heavy atom. The van der Waals surface area contributed by atoms with E-state index in [1.807, 2.05) is 18.2 Å². The number of allylic oxidation sites excluding steroid dienone is 1. The molecule has 17 heavy (non-hydrogen) atoms. The van der Waals surface area contributed by atoms with Gasteiger partial charge in [0, 0.05) is 18.6 Å². The van der Waals surface area contributed by atoms with Gasteiger partial charge in [-0.3, -0.25) is 4.24 Å². The van der Waals surface area contributed by atoms with Crippen LogP contribution in [0.3, 0.4) is 0 Å². The lowest BCUT2D eigenvalue weighted by Gasteiger charge is -2.22. The van der Waals surface area contributed by atoms with Crippen LogP contribution in [-0.2, 0) is 4.74 Å². The van der Waals surface area contributed by atoms with Gasteiger partial charge in [0.15, 0.2) is 5.71 Å². The van der Waals surface area contributed by atoms with Gasteiger partial charge in [0.25, 0.3) is 6.73 Å². The third-order valence-corrected chi connectivity index (χ3v) is 5.08. The first kappa shape index (κ1) is 12.1. The largest absolute Gasteiger partial charge is 0.437 e. The van der Waals surface area contributed by atoms with E-state index in [1.165, 1.54) is 5.71 Å². The van der Waals surface area contributed by atoms with E-state index in [0.717, 1.165) is 11.3 Å². The zero-order valence-corrected chi connectivity index (χ0v) is 12.0. The molecule has 1 aliphatic heterocycles. The number of hydrogen-bond donors (Lipinski definition) is 0. The molecular weight excluding hydrogens is 226 g/mol. The van der Waals surface area contributed by atoms with E-state index >= 15 is 0 Å². The SMILES string of the molecule is CC1=[N+]([Si](C)(C)C)COC(c2ccccc2)=C1. The van der Waals surface area contributed by atoms with Gasteiger partial charge in [0.05, 0.1) is 0 Å². The van der Waals surface area contributed by atoms with E-state index in [4.69, 9.17) is 4.74 Å². The second kappa shape index (κ2) is 4.49. The second-order valence-electron chi connectivity index (χ2n) is 5.39. The first-order valence-corrected chi connectivity index (χ1v) is 9.44. The summed E-state index contributed by atoms with van der Waals surface area (Å²) >= 11 is 0. The molecule has 1 aliphatic rings. The van der Waals surface area contributed by atoms with Crippen LogP contribution < -0.4 is 0 Å². The van der Waals surface area contributed by atoms with Gasteiger partial charge in [-0.1, -0.05) is 30.3 Å². The molecule has 0 N–H and O–H groups in total. The molecule has 0 saturated carbocycles. The highest BCUT2D eigenvalue weighted by Gasteiger charge is 2.33. The number of ether oxygens (including phenoxy) is 1. The van der Waals surface area contributed by atoms with Crippen molar-refractivity contribution in [2.45, 2.75) is 26.6 Å². The van der Waals surface area contributed by atoms with Crippen molar-refractivity contribution in [2.24, 2.45) is 0 Å². The van der Waals surface area contributed by atoms with E-state index < -0.39 is 8.24 Å². The maximum atomic E-state index is 5.87. The zero-order chi connectivity index (χ0) is 12.5. The predicted molar refractivity (Wildman–Crippen MR) is 74.7 cm³/mol. The van der Waals surface area contributed by atoms with E-state index in [1.54, 1.807) is 0 Å². The van der Waals surface area contributed by atoms with Crippen LogP contribution >= 0.6 is 0 Å². The minimum Gasteiger partial charge on any atom is -0.437 e. The summed E-state index contributed by atoms with van der Waals surface area (Å²) in [7, 11) is -1.32. The lowest BCUT2D eigenvalue weighted by Crippen LogP contribution is -2.43. The molecule has 0 unspecified atom stereocenters. The molecule has 0 saturated heterocycles. The standard InChI is InChI=1S/C14H20NOSi/c1-12-10-14(13-8-6-5-7-9-13)16-11-15(12)17(2,3)4/h5-10H,11H2,1-4H3/q+1. The number of nitrogens with zero attached hydrogens (tertiary/aromatic N) is 1. The van der Waals surface area contributed by atoms with Gasteiger partial charge in [0.2, 0.25) is 0 Å². The average molecular weight is 246 g/mol. The fraction of sp³-hybridized carbons (Fsp3) is 0.357. The normalized spacial score (nSPS) is 16.6. The molecule has 0 amide bonds. The summed E-state index contributed by atoms with van der Waals surface area (Å²) in [6, 6.07) is 10.3. The highest BCUT2D eigenvalue weighted by Crippen LogP contribution is 2.20. The van der Waals surface area contributed by atoms with E-state index in [2.05, 4.69) is 49.0 Å². The molecule has 2 nitrogen and oxygen atoms in total. The fourth-order valence-corrected chi connectivity index (χ4v) is 3.61. The summed E-state index contributed by atoms with van der Waals surface area (Å²) in [5.74, 6) is 0.984. The predicted octanol–water partition coefficient (Wildman–Crippen LogP) is 3.32. The molecule has 0 radical (unpaired) electrons. The van der Waals surface area contributed by atoms with Crippen LogP contribution in [0.4, 0.5) is 0 Å². The van der Waals surface area contributed by atoms with Crippen molar-refractivity contribution in [1.29, 1.82) is 0 Å². The molecule has 0 spiro atoms. The van der Waals surface area contributed by atoms with Crippen LogP contribution in [0.5, 0.6) is 0 Å². The molecule has 1 aromatic rings. The molecule has 90 valence electrons. The zero-order valence-electron chi connectivity index (χ0n) is 11.0. The third kappa shape index (κ3) is 2.67. The Kier molecular flexibility index (Phi) is 3.20. The van der Waals surface area contributed by atoms with Gasteiger partial charge < -0.3 is 4.74 Å². The minimum atomic E-state index is -1.32. The Labute approximate surface area is 104 Å². The molecule has 2 rings (SSSR count). The number of hydrogen-bond acceptors (Lipinski definition) is 1. The monoisotopic (exact) mass is 246 g/mol. The molecule has 0 fully saturated rings. The van der Waals surface area contributed by atoms with Gasteiger partial charge >= 0.3 is 8.24 Å². The Balaban J connectivity index is 2.35. The van der Waals surface area contributed by atoms with Gasteiger partial charge in [-0.2, -0.15) is 0 Å². The molecule has 1 aromatic carbocycles. The first-order valence-electron chi connectivity index (χ1n) is 5.99. The van der Waals surface area contributed by atoms with Gasteiger partial charge in [-0.05, 0) is 19.6 Å². The number of benzene rings is 1. The molecular formula is C14H20NOSi+. The maximum Gasteiger partial charge on any atom is 0.352 e. The van der Waals surface area contributed by atoms with Crippen molar-refractivity contribution < 1.29 is 8.98 Å². The van der Waals surface area contributed by atoms with Crippen molar-refractivity contribution in [3.8, 4) is 0 Å². The van der Waals surface area contributed by atoms with Crippen LogP contribution in [0.15, 0.2) is 36.4 Å². The second-order valence-corrected chi connectivity index (χ2v) is 10.3. The highest BCUT2D eigenvalue weighted by molar-refractivity contribution is 6.68. The topological polar surface area (TPSA) is 12.2 Å². The molecule has 0 aromatic heterocycles. The summed E-state index contributed by atoms with van der Waals surface area (Å²) in [6.45, 7) is 9.86. The summed E-state index contributed by atoms with van der Waals surface area (Å²) in [5, 5.41) is 0. The first-order chi connectivity index (χ1) is 7.98. The van der Waals surface area contributed by atoms with Crippen LogP contribution in [0, 0.1) is 0 Å². The Morgan fingerprint density at radius 1 is 1.12 bits per heavy atom. The van der Waals surface area contributed by atoms with Crippen molar-refractivity contribution >= 4 is 19.7 Å². The Morgan fingerprint density at radius 3 is 2.29 bits per heavy atom. The van der Waals surface area contributed by atoms with E-state index in [-0.39, 0.29) is 0 Å². The van der Waals surface area contributed by atoms with E-state index in [0.29, 0.717) is 6.73 Å². The van der Waals surface area contributed by atoms with Crippen LogP contribution in [0.2, 0.25) is 19.6 Å². The fourth-order valence-electron chi connectivity index (χ4n) is 2.04. The smallest absolute Gasteiger partial charge is 0.352 e. The third-order valence-electron chi connectivity index (χ3n) is 2.98. The van der Waals surface area contributed by atoms with Crippen LogP contribution in [0.1, 0.15) is 12.5 Å². The van der Waals surface area contributed by atoms with Crippen molar-refractivity contribution in [3.63, 3.8) is 0 Å². The van der Waals surface area contributed by atoms with Crippen molar-refractivity contribution in [1.82, 2.24) is 0 Å². The average Bonchev–Trinajstić information content (AvgIpc) is 2.28. The molecule has 0 aliphatic carbocycles. The summed E-state index contributed by atoms with van der Waals surface area (Å²) < 4.78 is 8.28. The van der Waals surface area contributed by atoms with Gasteiger partial charge in [-0.25, -0.2) is 0 Å². The van der Waals surface area contributed by atoms with Crippen LogP contribution in [-0.4, -0.2) is 24.9 Å². The quantitative estimate of drug-likeness (QED) is 0.729. The molecule has 0 bridgehead atoms. The lowest BCUT2D eigenvalue weighted by atomic mass is 10.1. The summed E-state index contributed by atoms with van der Waals surface area (Å²) in [5.41, 5.74) is 2.47. The van der Waals surface area contributed by atoms with Crippen molar-refractivity contribution in [3.05, 3.63) is 42.0 Å². The minimum absolute atomic E-state index is 0.683. The summed E-state index contributed by atoms with van der Waals surface area (Å²) in [4.78, 5) is 0. The lowest BCUT2D eigenvalue weighted by molar-refractivity contribution is -0.447. The van der Waals surface area contributed by atoms with Crippen molar-refractivity contribution in [2.75, 3.05) is 6.73 Å². The Hall–Kier alpha value is -1.35. The molecule has 0 atom stereocenters. The van der Waals surface area contributed by atoms with Gasteiger partial charge in [-0.15, -0.1) is 0 Å². The van der Waals surface area contributed by atoms with E-state index in [9.17, 15) is 0 Å². The highest BCUT2D eigenvalue weighted by atomic mass is 28.3. The molecule has 3 heteroatoms. The molecule has 1 heterocycles. The maximum absolute atomic E-state index is 5.87. The number of rotatable bonds is 2. The van der Waals surface area contributed by atoms with Gasteiger partial charge in [0.1, 0.15) is 5.76 Å².